The minimum Gasteiger partial charge on any atom is -0.497 e. The average Bonchev–Trinajstić information content (AvgIpc) is 3.00. The number of rotatable bonds is 14. The maximum absolute atomic E-state index is 14.1. The molecule has 2 amide bonds. The number of hydrogen-bond donors (Lipinski definition) is 1. The number of carbonyl (C=O) groups excluding carboxylic acids is 2. The van der Waals surface area contributed by atoms with Crippen molar-refractivity contribution < 1.29 is 27.7 Å². The van der Waals surface area contributed by atoms with Crippen LogP contribution in [0.2, 0.25) is 0 Å². The first kappa shape index (κ1) is 32.1. The second-order valence-electron chi connectivity index (χ2n) is 9.71. The van der Waals surface area contributed by atoms with Crippen molar-refractivity contribution in [2.24, 2.45) is 0 Å². The summed E-state index contributed by atoms with van der Waals surface area (Å²) in [4.78, 5) is 39.4. The van der Waals surface area contributed by atoms with Crippen LogP contribution in [0.5, 0.6) is 5.75 Å². The fourth-order valence-corrected chi connectivity index (χ4v) is 5.75. The molecule has 224 valence electrons. The number of nitro groups is 1. The zero-order valence-corrected chi connectivity index (χ0v) is 24.9. The van der Waals surface area contributed by atoms with E-state index in [4.69, 9.17) is 4.74 Å². The molecule has 0 aliphatic rings. The van der Waals surface area contributed by atoms with Crippen molar-refractivity contribution in [2.75, 3.05) is 18.0 Å². The monoisotopic (exact) mass is 596 g/mol. The van der Waals surface area contributed by atoms with Gasteiger partial charge in [0.15, 0.2) is 0 Å². The predicted octanol–water partition coefficient (Wildman–Crippen LogP) is 4.52. The largest absolute Gasteiger partial charge is 0.497 e. The standard InChI is InChI=1S/C30H36N4O7S/c1-5-22(3)31-30(36)28(6-2)32(20-23-11-10-12-26(19-23)41-4)29(35)21-33(24-15-17-25(18-16-24)34(37)38)42(39,40)27-13-8-7-9-14-27/h7-19,22,28H,5-6,20-21H2,1-4H3,(H,31,36)/t22-,28-/m1/s1. The molecule has 0 fully saturated rings. The molecule has 42 heavy (non-hydrogen) atoms. The number of carbonyl (C=O) groups is 2. The van der Waals surface area contributed by atoms with Gasteiger partial charge in [-0.3, -0.25) is 24.0 Å². The second-order valence-corrected chi connectivity index (χ2v) is 11.6. The molecule has 2 atom stereocenters. The fourth-order valence-electron chi connectivity index (χ4n) is 4.32. The highest BCUT2D eigenvalue weighted by Crippen LogP contribution is 2.27. The van der Waals surface area contributed by atoms with Gasteiger partial charge in [0.25, 0.3) is 15.7 Å². The van der Waals surface area contributed by atoms with E-state index >= 15 is 0 Å². The lowest BCUT2D eigenvalue weighted by molar-refractivity contribution is -0.384. The number of sulfonamides is 1. The van der Waals surface area contributed by atoms with Crippen molar-refractivity contribution in [2.45, 2.75) is 57.1 Å². The molecular weight excluding hydrogens is 560 g/mol. The highest BCUT2D eigenvalue weighted by molar-refractivity contribution is 7.92. The molecule has 0 spiro atoms. The van der Waals surface area contributed by atoms with Gasteiger partial charge in [0, 0.05) is 24.7 Å². The van der Waals surface area contributed by atoms with Gasteiger partial charge >= 0.3 is 0 Å². The number of nitro benzene ring substituents is 1. The fraction of sp³-hybridized carbons (Fsp3) is 0.333. The Morgan fingerprint density at radius 3 is 2.21 bits per heavy atom. The van der Waals surface area contributed by atoms with Crippen molar-refractivity contribution in [1.82, 2.24) is 10.2 Å². The van der Waals surface area contributed by atoms with Gasteiger partial charge in [-0.05, 0) is 61.7 Å². The van der Waals surface area contributed by atoms with Gasteiger partial charge in [0.1, 0.15) is 18.3 Å². The molecule has 0 bridgehead atoms. The highest BCUT2D eigenvalue weighted by atomic mass is 32.2. The highest BCUT2D eigenvalue weighted by Gasteiger charge is 2.34. The van der Waals surface area contributed by atoms with Gasteiger partial charge in [-0.25, -0.2) is 8.42 Å². The molecule has 1 N–H and O–H groups in total. The SMILES string of the molecule is CC[C@@H](C)NC(=O)[C@@H](CC)N(Cc1cccc(OC)c1)C(=O)CN(c1ccc([N+](=O)[O-])cc1)S(=O)(=O)c1ccccc1. The van der Waals surface area contributed by atoms with Gasteiger partial charge < -0.3 is 15.0 Å². The number of ether oxygens (including phenoxy) is 1. The van der Waals surface area contributed by atoms with E-state index < -0.39 is 33.4 Å². The Morgan fingerprint density at radius 2 is 1.64 bits per heavy atom. The minimum absolute atomic E-state index is 0.0158. The van der Waals surface area contributed by atoms with Crippen LogP contribution in [-0.4, -0.2) is 55.8 Å². The van der Waals surface area contributed by atoms with E-state index in [0.29, 0.717) is 17.7 Å². The van der Waals surface area contributed by atoms with Crippen LogP contribution in [0.15, 0.2) is 83.8 Å². The second kappa shape index (κ2) is 14.4. The van der Waals surface area contributed by atoms with Crippen LogP contribution in [-0.2, 0) is 26.2 Å². The summed E-state index contributed by atoms with van der Waals surface area (Å²) in [6.45, 7) is 4.94. The molecular formula is C30H36N4O7S. The zero-order chi connectivity index (χ0) is 30.9. The van der Waals surface area contributed by atoms with E-state index in [9.17, 15) is 28.1 Å². The molecule has 0 aromatic heterocycles. The van der Waals surface area contributed by atoms with Crippen LogP contribution in [0.3, 0.4) is 0 Å². The molecule has 0 aliphatic carbocycles. The quantitative estimate of drug-likeness (QED) is 0.213. The Balaban J connectivity index is 2.08. The van der Waals surface area contributed by atoms with Crippen LogP contribution < -0.4 is 14.4 Å². The maximum Gasteiger partial charge on any atom is 0.269 e. The van der Waals surface area contributed by atoms with Crippen LogP contribution in [0, 0.1) is 10.1 Å². The summed E-state index contributed by atoms with van der Waals surface area (Å²) in [5, 5.41) is 14.2. The van der Waals surface area contributed by atoms with Gasteiger partial charge in [-0.2, -0.15) is 0 Å². The lowest BCUT2D eigenvalue weighted by atomic mass is 10.1. The molecule has 3 aromatic carbocycles. The first-order chi connectivity index (χ1) is 20.0. The number of hydrogen-bond acceptors (Lipinski definition) is 7. The summed E-state index contributed by atoms with van der Waals surface area (Å²) in [6, 6.07) is 18.5. The van der Waals surface area contributed by atoms with E-state index in [1.807, 2.05) is 13.8 Å². The predicted molar refractivity (Wildman–Crippen MR) is 160 cm³/mol. The Labute approximate surface area is 246 Å². The van der Waals surface area contributed by atoms with Crippen LogP contribution in [0.4, 0.5) is 11.4 Å². The van der Waals surface area contributed by atoms with Gasteiger partial charge in [0.05, 0.1) is 22.6 Å². The Hall–Kier alpha value is -4.45. The minimum atomic E-state index is -4.28. The molecule has 3 rings (SSSR count). The summed E-state index contributed by atoms with van der Waals surface area (Å²) in [5.74, 6) is -0.408. The summed E-state index contributed by atoms with van der Waals surface area (Å²) in [6.07, 6.45) is 0.968. The number of methoxy groups -OCH3 is 1. The smallest absolute Gasteiger partial charge is 0.269 e. The van der Waals surface area contributed by atoms with Crippen molar-refractivity contribution in [3.8, 4) is 5.75 Å². The Bertz CT molecular complexity index is 1480. The molecule has 0 saturated heterocycles. The van der Waals surface area contributed by atoms with Crippen molar-refractivity contribution >= 4 is 33.2 Å². The number of benzene rings is 3. The van der Waals surface area contributed by atoms with E-state index in [1.165, 1.54) is 48.4 Å². The van der Waals surface area contributed by atoms with E-state index in [0.717, 1.165) is 4.31 Å². The Kier molecular flexibility index (Phi) is 11.0. The summed E-state index contributed by atoms with van der Waals surface area (Å²) in [7, 11) is -2.76. The van der Waals surface area contributed by atoms with Crippen LogP contribution in [0.25, 0.3) is 0 Å². The first-order valence-corrected chi connectivity index (χ1v) is 15.0. The maximum atomic E-state index is 14.1. The van der Waals surface area contributed by atoms with E-state index in [1.54, 1.807) is 49.4 Å². The first-order valence-electron chi connectivity index (χ1n) is 13.6. The number of amides is 2. The van der Waals surface area contributed by atoms with Crippen LogP contribution >= 0.6 is 0 Å². The number of non-ortho nitro benzene ring substituents is 1. The van der Waals surface area contributed by atoms with Gasteiger partial charge in [0.2, 0.25) is 11.8 Å². The number of nitrogens with zero attached hydrogens (tertiary/aromatic N) is 3. The molecule has 0 heterocycles. The summed E-state index contributed by atoms with van der Waals surface area (Å²) in [5.41, 5.74) is 0.524. The number of anilines is 1. The number of nitrogens with one attached hydrogen (secondary N) is 1. The third-order valence-electron chi connectivity index (χ3n) is 6.83. The third kappa shape index (κ3) is 7.84. The third-order valence-corrected chi connectivity index (χ3v) is 8.62. The van der Waals surface area contributed by atoms with Gasteiger partial charge in [-0.15, -0.1) is 0 Å². The Morgan fingerprint density at radius 1 is 0.976 bits per heavy atom. The molecule has 0 saturated carbocycles. The molecule has 12 heteroatoms. The summed E-state index contributed by atoms with van der Waals surface area (Å²) < 4.78 is 33.9. The lowest BCUT2D eigenvalue weighted by Crippen LogP contribution is -2.53. The summed E-state index contributed by atoms with van der Waals surface area (Å²) >= 11 is 0. The average molecular weight is 597 g/mol. The van der Waals surface area contributed by atoms with Crippen molar-refractivity contribution in [1.29, 1.82) is 0 Å². The van der Waals surface area contributed by atoms with Gasteiger partial charge in [-0.1, -0.05) is 44.2 Å². The van der Waals surface area contributed by atoms with E-state index in [-0.39, 0.29) is 41.2 Å². The molecule has 11 nitrogen and oxygen atoms in total. The molecule has 0 radical (unpaired) electrons. The van der Waals surface area contributed by atoms with Crippen LogP contribution in [0.1, 0.15) is 39.2 Å². The van der Waals surface area contributed by atoms with E-state index in [2.05, 4.69) is 5.32 Å². The topological polar surface area (TPSA) is 139 Å². The van der Waals surface area contributed by atoms with Crippen molar-refractivity contribution in [3.63, 3.8) is 0 Å². The molecule has 0 aliphatic heterocycles. The zero-order valence-electron chi connectivity index (χ0n) is 24.1. The molecule has 3 aromatic rings. The van der Waals surface area contributed by atoms with Crippen molar-refractivity contribution in [3.05, 3.63) is 94.5 Å². The normalized spacial score (nSPS) is 12.6. The lowest BCUT2D eigenvalue weighted by Gasteiger charge is -2.33. The molecule has 0 unspecified atom stereocenters.